The van der Waals surface area contributed by atoms with Crippen molar-refractivity contribution in [3.05, 3.63) is 42.1 Å². The number of hydrogen-bond donors (Lipinski definition) is 0. The summed E-state index contributed by atoms with van der Waals surface area (Å²) in [5.41, 5.74) is 1.13. The van der Waals surface area contributed by atoms with E-state index in [4.69, 9.17) is 4.52 Å². The fraction of sp³-hybridized carbons (Fsp3) is 0.444. The summed E-state index contributed by atoms with van der Waals surface area (Å²) < 4.78 is 30.8. The predicted octanol–water partition coefficient (Wildman–Crippen LogP) is 1.84. The van der Waals surface area contributed by atoms with Crippen LogP contribution in [0.3, 0.4) is 0 Å². The van der Waals surface area contributed by atoms with Crippen molar-refractivity contribution in [1.82, 2.24) is 14.4 Å². The summed E-state index contributed by atoms with van der Waals surface area (Å²) in [6.45, 7) is 1.39. The van der Waals surface area contributed by atoms with E-state index < -0.39 is 10.0 Å². The first-order chi connectivity index (χ1) is 12.4. The Morgan fingerprint density at radius 1 is 1.15 bits per heavy atom. The topological polar surface area (TPSA) is 83.7 Å². The number of benzene rings is 1. The van der Waals surface area contributed by atoms with Crippen molar-refractivity contribution in [2.24, 2.45) is 5.92 Å². The zero-order valence-corrected chi connectivity index (χ0v) is 15.4. The molecule has 1 aromatic heterocycles. The fourth-order valence-corrected chi connectivity index (χ4v) is 4.74. The molecule has 138 valence electrons. The van der Waals surface area contributed by atoms with Gasteiger partial charge < -0.3 is 9.42 Å². The van der Waals surface area contributed by atoms with Crippen LogP contribution in [0.25, 0.3) is 11.3 Å². The molecule has 2 atom stereocenters. The molecule has 2 aromatic rings. The minimum Gasteiger partial charge on any atom is -0.355 e. The Bertz CT molecular complexity index is 910. The van der Waals surface area contributed by atoms with Crippen LogP contribution >= 0.6 is 0 Å². The maximum atomic E-state index is 13.0. The summed E-state index contributed by atoms with van der Waals surface area (Å²) in [6, 6.07) is 11.0. The summed E-state index contributed by atoms with van der Waals surface area (Å²) >= 11 is 0. The highest BCUT2D eigenvalue weighted by molar-refractivity contribution is 7.88. The van der Waals surface area contributed by atoms with E-state index in [1.807, 2.05) is 30.3 Å². The Kier molecular flexibility index (Phi) is 4.32. The SMILES string of the molecule is CS(=O)(=O)N1C[C@@H]2CC[C@H](C1)N(C(=O)c1cc(-c3ccccc3)on1)C2. The molecule has 0 saturated carbocycles. The van der Waals surface area contributed by atoms with Crippen LogP contribution in [0.2, 0.25) is 0 Å². The van der Waals surface area contributed by atoms with Gasteiger partial charge in [0, 0.05) is 37.3 Å². The quantitative estimate of drug-likeness (QED) is 0.817. The first-order valence-corrected chi connectivity index (χ1v) is 10.5. The number of rotatable bonds is 3. The molecule has 1 amide bonds. The highest BCUT2D eigenvalue weighted by atomic mass is 32.2. The van der Waals surface area contributed by atoms with Gasteiger partial charge in [-0.3, -0.25) is 4.79 Å². The Labute approximate surface area is 152 Å². The Morgan fingerprint density at radius 3 is 2.65 bits per heavy atom. The van der Waals surface area contributed by atoms with Crippen LogP contribution in [0, 0.1) is 5.92 Å². The van der Waals surface area contributed by atoms with Crippen LogP contribution in [-0.2, 0) is 10.0 Å². The van der Waals surface area contributed by atoms with Gasteiger partial charge in [-0.2, -0.15) is 4.31 Å². The first-order valence-electron chi connectivity index (χ1n) is 8.70. The van der Waals surface area contributed by atoms with E-state index in [0.717, 1.165) is 18.4 Å². The highest BCUT2D eigenvalue weighted by Gasteiger charge is 2.40. The fourth-order valence-electron chi connectivity index (χ4n) is 3.82. The Balaban J connectivity index is 1.57. The van der Waals surface area contributed by atoms with Crippen molar-refractivity contribution in [2.75, 3.05) is 25.9 Å². The molecule has 3 aliphatic rings. The number of aromatic nitrogens is 1. The number of fused-ring (bicyclic) bond motifs is 4. The Morgan fingerprint density at radius 2 is 1.92 bits per heavy atom. The zero-order chi connectivity index (χ0) is 18.3. The van der Waals surface area contributed by atoms with E-state index in [1.54, 1.807) is 11.0 Å². The molecule has 7 nitrogen and oxygen atoms in total. The largest absolute Gasteiger partial charge is 0.355 e. The summed E-state index contributed by atoms with van der Waals surface area (Å²) in [5, 5.41) is 3.95. The maximum Gasteiger partial charge on any atom is 0.276 e. The van der Waals surface area contributed by atoms with Crippen LogP contribution in [0.5, 0.6) is 0 Å². The van der Waals surface area contributed by atoms with Crippen molar-refractivity contribution >= 4 is 15.9 Å². The van der Waals surface area contributed by atoms with Crippen molar-refractivity contribution in [3.8, 4) is 11.3 Å². The molecular weight excluding hydrogens is 354 g/mol. The summed E-state index contributed by atoms with van der Waals surface area (Å²) in [4.78, 5) is 14.7. The molecule has 5 rings (SSSR count). The number of carbonyl (C=O) groups is 1. The molecule has 3 fully saturated rings. The number of sulfonamides is 1. The molecule has 2 bridgehead atoms. The molecule has 0 spiro atoms. The van der Waals surface area contributed by atoms with Crippen molar-refractivity contribution in [2.45, 2.75) is 18.9 Å². The van der Waals surface area contributed by atoms with Crippen LogP contribution < -0.4 is 0 Å². The lowest BCUT2D eigenvalue weighted by Gasteiger charge is -2.35. The second-order valence-corrected chi connectivity index (χ2v) is 9.06. The van der Waals surface area contributed by atoms with Gasteiger partial charge in [0.15, 0.2) is 11.5 Å². The summed E-state index contributed by atoms with van der Waals surface area (Å²) in [5.74, 6) is 0.514. The molecule has 8 heteroatoms. The number of carbonyl (C=O) groups excluding carboxylic acids is 1. The van der Waals surface area contributed by atoms with E-state index in [1.165, 1.54) is 10.6 Å². The van der Waals surface area contributed by atoms with Crippen molar-refractivity contribution in [1.29, 1.82) is 0 Å². The van der Waals surface area contributed by atoms with Crippen molar-refractivity contribution in [3.63, 3.8) is 0 Å². The third kappa shape index (κ3) is 3.26. The van der Waals surface area contributed by atoms with E-state index in [-0.39, 0.29) is 23.6 Å². The number of nitrogens with zero attached hydrogens (tertiary/aromatic N) is 3. The number of hydrogen-bond acceptors (Lipinski definition) is 5. The van der Waals surface area contributed by atoms with Gasteiger partial charge in [-0.15, -0.1) is 0 Å². The molecule has 26 heavy (non-hydrogen) atoms. The van der Waals surface area contributed by atoms with E-state index in [0.29, 0.717) is 25.4 Å². The summed E-state index contributed by atoms with van der Waals surface area (Å²) in [6.07, 6.45) is 2.98. The van der Waals surface area contributed by atoms with Gasteiger partial charge >= 0.3 is 0 Å². The number of amides is 1. The van der Waals surface area contributed by atoms with Crippen molar-refractivity contribution < 1.29 is 17.7 Å². The smallest absolute Gasteiger partial charge is 0.276 e. The predicted molar refractivity (Wildman–Crippen MR) is 95.9 cm³/mol. The highest BCUT2D eigenvalue weighted by Crippen LogP contribution is 2.30. The van der Waals surface area contributed by atoms with E-state index in [2.05, 4.69) is 5.16 Å². The second-order valence-electron chi connectivity index (χ2n) is 7.08. The minimum absolute atomic E-state index is 0.118. The van der Waals surface area contributed by atoms with Crippen LogP contribution in [0.1, 0.15) is 23.3 Å². The molecule has 0 N–H and O–H groups in total. The normalized spacial score (nSPS) is 23.8. The van der Waals surface area contributed by atoms with Crippen LogP contribution in [0.15, 0.2) is 40.9 Å². The van der Waals surface area contributed by atoms with Gasteiger partial charge in [0.1, 0.15) is 0 Å². The molecule has 4 heterocycles. The van der Waals surface area contributed by atoms with Crippen LogP contribution in [-0.4, -0.2) is 60.6 Å². The van der Waals surface area contributed by atoms with Gasteiger partial charge in [-0.05, 0) is 18.8 Å². The zero-order valence-electron chi connectivity index (χ0n) is 14.5. The van der Waals surface area contributed by atoms with Gasteiger partial charge in [0.25, 0.3) is 5.91 Å². The monoisotopic (exact) mass is 375 g/mol. The average Bonchev–Trinajstić information content (AvgIpc) is 2.92. The minimum atomic E-state index is -3.26. The van der Waals surface area contributed by atoms with E-state index >= 15 is 0 Å². The number of piperidine rings is 1. The molecule has 3 aliphatic heterocycles. The summed E-state index contributed by atoms with van der Waals surface area (Å²) in [7, 11) is -3.26. The molecule has 0 radical (unpaired) electrons. The average molecular weight is 375 g/mol. The van der Waals surface area contributed by atoms with Gasteiger partial charge in [0.2, 0.25) is 10.0 Å². The molecule has 0 unspecified atom stereocenters. The lowest BCUT2D eigenvalue weighted by atomic mass is 9.94. The Hall–Kier alpha value is -2.19. The first kappa shape index (κ1) is 17.2. The second kappa shape index (κ2) is 6.51. The van der Waals surface area contributed by atoms with Gasteiger partial charge in [-0.25, -0.2) is 8.42 Å². The standard InChI is InChI=1S/C18H21N3O4S/c1-26(23,24)20-10-13-7-8-15(12-20)21(11-13)18(22)16-9-17(25-19-16)14-5-3-2-4-6-14/h2-6,9,13,15H,7-8,10-12H2,1H3/t13-,15+/m0/s1. The molecular formula is C18H21N3O4S. The third-order valence-corrected chi connectivity index (χ3v) is 6.43. The molecule has 3 saturated heterocycles. The van der Waals surface area contributed by atoms with Gasteiger partial charge in [0.05, 0.1) is 6.26 Å². The maximum absolute atomic E-state index is 13.0. The van der Waals surface area contributed by atoms with Gasteiger partial charge in [-0.1, -0.05) is 35.5 Å². The lowest BCUT2D eigenvalue weighted by molar-refractivity contribution is 0.0578. The third-order valence-electron chi connectivity index (χ3n) is 5.20. The molecule has 0 aliphatic carbocycles. The van der Waals surface area contributed by atoms with E-state index in [9.17, 15) is 13.2 Å². The lowest BCUT2D eigenvalue weighted by Crippen LogP contribution is -2.47. The van der Waals surface area contributed by atoms with Crippen LogP contribution in [0.4, 0.5) is 0 Å². The molecule has 1 aromatic carbocycles.